The Labute approximate surface area is 158 Å². The molecule has 0 aliphatic rings. The van der Waals surface area contributed by atoms with Crippen LogP contribution in [0.2, 0.25) is 0 Å². The van der Waals surface area contributed by atoms with Crippen molar-refractivity contribution < 1.29 is 27.5 Å². The van der Waals surface area contributed by atoms with Gasteiger partial charge in [-0.2, -0.15) is 0 Å². The molecular formula is C19H21NO6S. The molecule has 7 nitrogen and oxygen atoms in total. The summed E-state index contributed by atoms with van der Waals surface area (Å²) in [7, 11) is -1.96. The highest BCUT2D eigenvalue weighted by molar-refractivity contribution is 7.92. The molecule has 0 aliphatic carbocycles. The average Bonchev–Trinajstić information content (AvgIpc) is 2.65. The number of anilines is 1. The second kappa shape index (κ2) is 8.68. The van der Waals surface area contributed by atoms with Crippen LogP contribution in [0.1, 0.15) is 27.6 Å². The topological polar surface area (TPSA) is 90.0 Å². The van der Waals surface area contributed by atoms with Gasteiger partial charge in [0.05, 0.1) is 18.6 Å². The summed E-state index contributed by atoms with van der Waals surface area (Å²) >= 11 is 0. The molecule has 2 aromatic carbocycles. The van der Waals surface area contributed by atoms with Gasteiger partial charge in [0.1, 0.15) is 11.3 Å². The highest BCUT2D eigenvalue weighted by Crippen LogP contribution is 2.20. The van der Waals surface area contributed by atoms with E-state index in [4.69, 9.17) is 9.47 Å². The molecule has 0 N–H and O–H groups in total. The van der Waals surface area contributed by atoms with Gasteiger partial charge in [-0.25, -0.2) is 13.2 Å². The minimum Gasteiger partial charge on any atom is -0.493 e. The number of hydrogen-bond donors (Lipinski definition) is 0. The Morgan fingerprint density at radius 1 is 1.04 bits per heavy atom. The maximum absolute atomic E-state index is 12.2. The van der Waals surface area contributed by atoms with Gasteiger partial charge in [-0.3, -0.25) is 9.10 Å². The van der Waals surface area contributed by atoms with E-state index in [0.717, 1.165) is 10.6 Å². The number of ketones is 1. The molecule has 8 heteroatoms. The third-order valence-corrected chi connectivity index (χ3v) is 5.00. The number of rotatable bonds is 8. The Kier molecular flexibility index (Phi) is 6.57. The number of carbonyl (C=O) groups is 2. The summed E-state index contributed by atoms with van der Waals surface area (Å²) in [6.07, 6.45) is 1.09. The number of carbonyl (C=O) groups excluding carboxylic acids is 2. The van der Waals surface area contributed by atoms with Crippen molar-refractivity contribution in [1.82, 2.24) is 0 Å². The summed E-state index contributed by atoms with van der Waals surface area (Å²) in [4.78, 5) is 24.4. The number of Topliss-reactive ketones (excluding diaryl/α,β-unsaturated/α-hetero) is 1. The van der Waals surface area contributed by atoms with Crippen molar-refractivity contribution in [3.05, 3.63) is 59.7 Å². The predicted molar refractivity (Wildman–Crippen MR) is 102 cm³/mol. The molecule has 0 amide bonds. The fourth-order valence-corrected chi connectivity index (χ4v) is 2.76. The fourth-order valence-electron chi connectivity index (χ4n) is 2.26. The second-order valence-electron chi connectivity index (χ2n) is 5.71. The first-order valence-corrected chi connectivity index (χ1v) is 10.0. The van der Waals surface area contributed by atoms with Crippen LogP contribution in [0.15, 0.2) is 48.5 Å². The number of hydrogen-bond acceptors (Lipinski definition) is 6. The maximum atomic E-state index is 12.2. The Bertz CT molecular complexity index is 921. The molecule has 27 heavy (non-hydrogen) atoms. The normalized spacial score (nSPS) is 10.9. The largest absolute Gasteiger partial charge is 0.493 e. The van der Waals surface area contributed by atoms with Crippen molar-refractivity contribution in [2.75, 3.05) is 30.8 Å². The minimum absolute atomic E-state index is 0.247. The van der Waals surface area contributed by atoms with Crippen LogP contribution in [0.25, 0.3) is 0 Å². The van der Waals surface area contributed by atoms with Crippen LogP contribution in [0.3, 0.4) is 0 Å². The number of esters is 1. The van der Waals surface area contributed by atoms with Gasteiger partial charge in [-0.1, -0.05) is 12.1 Å². The third kappa shape index (κ3) is 5.30. The average molecular weight is 391 g/mol. The quantitative estimate of drug-likeness (QED) is 0.507. The van der Waals surface area contributed by atoms with E-state index in [-0.39, 0.29) is 5.56 Å². The van der Waals surface area contributed by atoms with E-state index in [0.29, 0.717) is 23.6 Å². The molecule has 2 rings (SSSR count). The summed E-state index contributed by atoms with van der Waals surface area (Å²) in [5.41, 5.74) is 0.987. The van der Waals surface area contributed by atoms with Gasteiger partial charge < -0.3 is 9.47 Å². The van der Waals surface area contributed by atoms with Gasteiger partial charge in [0, 0.05) is 12.6 Å². The zero-order valence-electron chi connectivity index (χ0n) is 15.3. The first-order chi connectivity index (χ1) is 12.7. The predicted octanol–water partition coefficient (Wildman–Crippen LogP) is 2.52. The molecule has 0 spiro atoms. The van der Waals surface area contributed by atoms with Crippen LogP contribution in [-0.4, -0.2) is 46.7 Å². The van der Waals surface area contributed by atoms with E-state index >= 15 is 0 Å². The van der Waals surface area contributed by atoms with E-state index < -0.39 is 28.4 Å². The second-order valence-corrected chi connectivity index (χ2v) is 7.72. The first kappa shape index (κ1) is 20.4. The number of benzene rings is 2. The third-order valence-electron chi connectivity index (χ3n) is 3.79. The highest BCUT2D eigenvalue weighted by Gasteiger charge is 2.17. The maximum Gasteiger partial charge on any atom is 0.342 e. The zero-order chi connectivity index (χ0) is 20.0. The lowest BCUT2D eigenvalue weighted by Crippen LogP contribution is -2.24. The highest BCUT2D eigenvalue weighted by atomic mass is 32.2. The fraction of sp³-hybridized carbons (Fsp3) is 0.263. The smallest absolute Gasteiger partial charge is 0.342 e. The SMILES string of the molecule is CCOc1ccccc1C(=O)OCC(=O)c1ccc(N(C)S(C)(=O)=O)cc1. The van der Waals surface area contributed by atoms with E-state index in [9.17, 15) is 18.0 Å². The molecule has 0 radical (unpaired) electrons. The molecule has 0 atom stereocenters. The molecule has 0 unspecified atom stereocenters. The molecule has 2 aromatic rings. The molecule has 0 fully saturated rings. The minimum atomic E-state index is -3.38. The molecule has 0 heterocycles. The number of para-hydroxylation sites is 1. The van der Waals surface area contributed by atoms with E-state index in [1.807, 2.05) is 0 Å². The molecule has 0 aromatic heterocycles. The van der Waals surface area contributed by atoms with Gasteiger partial charge in [0.25, 0.3) is 0 Å². The lowest BCUT2D eigenvalue weighted by molar-refractivity contribution is 0.0471. The number of nitrogens with zero attached hydrogens (tertiary/aromatic N) is 1. The van der Waals surface area contributed by atoms with Crippen molar-refractivity contribution in [3.8, 4) is 5.75 Å². The molecule has 0 saturated carbocycles. The standard InChI is InChI=1S/C19H21NO6S/c1-4-25-18-8-6-5-7-16(18)19(22)26-13-17(21)14-9-11-15(12-10-14)20(2)27(3,23)24/h5-12H,4,13H2,1-3H3. The van der Waals surface area contributed by atoms with Crippen LogP contribution < -0.4 is 9.04 Å². The van der Waals surface area contributed by atoms with Crippen LogP contribution >= 0.6 is 0 Å². The number of ether oxygens (including phenoxy) is 2. The summed E-state index contributed by atoms with van der Waals surface area (Å²) in [6, 6.07) is 12.6. The summed E-state index contributed by atoms with van der Waals surface area (Å²) in [6.45, 7) is 1.77. The summed E-state index contributed by atoms with van der Waals surface area (Å²) in [5, 5.41) is 0. The monoisotopic (exact) mass is 391 g/mol. The van der Waals surface area contributed by atoms with Gasteiger partial charge >= 0.3 is 5.97 Å². The first-order valence-electron chi connectivity index (χ1n) is 8.20. The van der Waals surface area contributed by atoms with Crippen molar-refractivity contribution in [2.24, 2.45) is 0 Å². The lowest BCUT2D eigenvalue weighted by Gasteiger charge is -2.16. The van der Waals surface area contributed by atoms with Crippen molar-refractivity contribution in [1.29, 1.82) is 0 Å². The Balaban J connectivity index is 2.03. The van der Waals surface area contributed by atoms with Gasteiger partial charge in [0.2, 0.25) is 10.0 Å². The summed E-state index contributed by atoms with van der Waals surface area (Å²) in [5.74, 6) is -0.655. The molecule has 144 valence electrons. The number of sulfonamides is 1. The van der Waals surface area contributed by atoms with Crippen LogP contribution in [0, 0.1) is 0 Å². The van der Waals surface area contributed by atoms with Crippen LogP contribution in [0.5, 0.6) is 5.75 Å². The van der Waals surface area contributed by atoms with E-state index in [2.05, 4.69) is 0 Å². The van der Waals surface area contributed by atoms with Crippen molar-refractivity contribution in [2.45, 2.75) is 6.92 Å². The lowest BCUT2D eigenvalue weighted by atomic mass is 10.1. The Morgan fingerprint density at radius 3 is 2.26 bits per heavy atom. The van der Waals surface area contributed by atoms with Gasteiger partial charge in [-0.15, -0.1) is 0 Å². The Hall–Kier alpha value is -2.87. The van der Waals surface area contributed by atoms with Crippen LogP contribution in [0.4, 0.5) is 5.69 Å². The van der Waals surface area contributed by atoms with Crippen molar-refractivity contribution >= 4 is 27.5 Å². The van der Waals surface area contributed by atoms with E-state index in [1.165, 1.54) is 31.3 Å². The van der Waals surface area contributed by atoms with Gasteiger partial charge in [0.15, 0.2) is 12.4 Å². The van der Waals surface area contributed by atoms with Gasteiger partial charge in [-0.05, 0) is 43.3 Å². The van der Waals surface area contributed by atoms with Crippen LogP contribution in [-0.2, 0) is 14.8 Å². The zero-order valence-corrected chi connectivity index (χ0v) is 16.2. The Morgan fingerprint density at radius 2 is 1.67 bits per heavy atom. The summed E-state index contributed by atoms with van der Waals surface area (Å²) < 4.78 is 34.6. The molecular weight excluding hydrogens is 370 g/mol. The van der Waals surface area contributed by atoms with E-state index in [1.54, 1.807) is 31.2 Å². The molecule has 0 saturated heterocycles. The van der Waals surface area contributed by atoms with Crippen molar-refractivity contribution in [3.63, 3.8) is 0 Å². The molecule has 0 aliphatic heterocycles. The molecule has 0 bridgehead atoms.